The van der Waals surface area contributed by atoms with Gasteiger partial charge in [-0.3, -0.25) is 0 Å². The second-order valence-electron chi connectivity index (χ2n) is 6.06. The summed E-state index contributed by atoms with van der Waals surface area (Å²) in [6, 6.07) is 17.9. The Balaban J connectivity index is 1.75. The minimum Gasteiger partial charge on any atom is -0.0620 e. The SMILES string of the molecule is C1=C(C2CCCc3ccccc32)CCc2ccccc21. The smallest absolute Gasteiger partial charge is 0.00544 e. The van der Waals surface area contributed by atoms with Gasteiger partial charge >= 0.3 is 0 Å². The van der Waals surface area contributed by atoms with E-state index in [4.69, 9.17) is 0 Å². The van der Waals surface area contributed by atoms with Crippen molar-refractivity contribution in [2.45, 2.75) is 38.0 Å². The van der Waals surface area contributed by atoms with Crippen molar-refractivity contribution in [3.63, 3.8) is 0 Å². The predicted molar refractivity (Wildman–Crippen MR) is 84.9 cm³/mol. The van der Waals surface area contributed by atoms with E-state index in [9.17, 15) is 0 Å². The summed E-state index contributed by atoms with van der Waals surface area (Å²) in [6.07, 6.45) is 8.82. The Morgan fingerprint density at radius 1 is 0.750 bits per heavy atom. The summed E-state index contributed by atoms with van der Waals surface area (Å²) in [6.45, 7) is 0. The van der Waals surface area contributed by atoms with Crippen molar-refractivity contribution >= 4 is 6.08 Å². The van der Waals surface area contributed by atoms with Crippen molar-refractivity contribution in [2.24, 2.45) is 0 Å². The molecule has 1 unspecified atom stereocenters. The molecule has 0 nitrogen and oxygen atoms in total. The van der Waals surface area contributed by atoms with Crippen LogP contribution in [0.1, 0.15) is 47.4 Å². The summed E-state index contributed by atoms with van der Waals surface area (Å²) < 4.78 is 0. The first-order valence-corrected chi connectivity index (χ1v) is 7.78. The second-order valence-corrected chi connectivity index (χ2v) is 6.06. The number of benzene rings is 2. The van der Waals surface area contributed by atoms with E-state index in [0.717, 1.165) is 0 Å². The van der Waals surface area contributed by atoms with Gasteiger partial charge in [0, 0.05) is 5.92 Å². The van der Waals surface area contributed by atoms with Crippen molar-refractivity contribution in [3.05, 3.63) is 76.4 Å². The zero-order valence-electron chi connectivity index (χ0n) is 11.8. The van der Waals surface area contributed by atoms with Gasteiger partial charge in [-0.2, -0.15) is 0 Å². The minimum atomic E-state index is 0.660. The highest BCUT2D eigenvalue weighted by atomic mass is 14.3. The fourth-order valence-electron chi connectivity index (χ4n) is 3.87. The number of rotatable bonds is 1. The number of allylic oxidation sites excluding steroid dienone is 1. The molecule has 0 saturated carbocycles. The summed E-state index contributed by atoms with van der Waals surface area (Å²) in [7, 11) is 0. The van der Waals surface area contributed by atoms with Gasteiger partial charge in [-0.25, -0.2) is 0 Å². The Morgan fingerprint density at radius 2 is 1.55 bits per heavy atom. The van der Waals surface area contributed by atoms with E-state index in [2.05, 4.69) is 54.6 Å². The fraction of sp³-hybridized carbons (Fsp3) is 0.300. The molecule has 0 spiro atoms. The van der Waals surface area contributed by atoms with E-state index in [1.807, 2.05) is 0 Å². The molecule has 0 aromatic heterocycles. The third-order valence-electron chi connectivity index (χ3n) is 4.90. The molecule has 0 heteroatoms. The lowest BCUT2D eigenvalue weighted by Gasteiger charge is -2.30. The predicted octanol–water partition coefficient (Wildman–Crippen LogP) is 5.14. The van der Waals surface area contributed by atoms with Crippen molar-refractivity contribution in [1.29, 1.82) is 0 Å². The van der Waals surface area contributed by atoms with Crippen molar-refractivity contribution in [2.75, 3.05) is 0 Å². The van der Waals surface area contributed by atoms with Crippen molar-refractivity contribution in [1.82, 2.24) is 0 Å². The Labute approximate surface area is 121 Å². The van der Waals surface area contributed by atoms with Gasteiger partial charge in [-0.05, 0) is 54.4 Å². The maximum Gasteiger partial charge on any atom is 0.00544 e. The summed E-state index contributed by atoms with van der Waals surface area (Å²) in [5.74, 6) is 0.660. The monoisotopic (exact) mass is 260 g/mol. The van der Waals surface area contributed by atoms with Gasteiger partial charge in [0.05, 0.1) is 0 Å². The molecule has 0 aliphatic heterocycles. The molecule has 2 aliphatic carbocycles. The van der Waals surface area contributed by atoms with Crippen LogP contribution in [0.4, 0.5) is 0 Å². The van der Waals surface area contributed by atoms with Gasteiger partial charge in [0.15, 0.2) is 0 Å². The standard InChI is InChI=1S/C20H20/c1-2-8-17-14-18(13-12-15(17)6-1)20-11-5-9-16-7-3-4-10-19(16)20/h1-4,6-8,10,14,20H,5,9,11-13H2. The molecular weight excluding hydrogens is 240 g/mol. The Bertz CT molecular complexity index is 663. The molecule has 0 fully saturated rings. The van der Waals surface area contributed by atoms with E-state index in [0.29, 0.717) is 5.92 Å². The van der Waals surface area contributed by atoms with Crippen LogP contribution in [0.5, 0.6) is 0 Å². The number of aryl methyl sites for hydroxylation is 2. The van der Waals surface area contributed by atoms with Crippen LogP contribution in [0.15, 0.2) is 54.1 Å². The highest BCUT2D eigenvalue weighted by Gasteiger charge is 2.24. The summed E-state index contributed by atoms with van der Waals surface area (Å²) >= 11 is 0. The van der Waals surface area contributed by atoms with Crippen LogP contribution in [0, 0.1) is 0 Å². The van der Waals surface area contributed by atoms with Gasteiger partial charge in [0.2, 0.25) is 0 Å². The molecule has 2 aromatic carbocycles. The molecule has 2 aliphatic rings. The number of hydrogen-bond donors (Lipinski definition) is 0. The van der Waals surface area contributed by atoms with Crippen LogP contribution in [0.2, 0.25) is 0 Å². The van der Waals surface area contributed by atoms with Crippen LogP contribution in [-0.2, 0) is 12.8 Å². The molecule has 0 bridgehead atoms. The Kier molecular flexibility index (Phi) is 2.95. The van der Waals surface area contributed by atoms with Crippen LogP contribution in [0.25, 0.3) is 6.08 Å². The summed E-state index contributed by atoms with van der Waals surface area (Å²) in [4.78, 5) is 0. The van der Waals surface area contributed by atoms with Gasteiger partial charge in [0.25, 0.3) is 0 Å². The van der Waals surface area contributed by atoms with E-state index >= 15 is 0 Å². The van der Waals surface area contributed by atoms with Gasteiger partial charge in [0.1, 0.15) is 0 Å². The molecule has 2 aromatic rings. The maximum atomic E-state index is 2.46. The summed E-state index contributed by atoms with van der Waals surface area (Å²) in [5, 5.41) is 0. The number of fused-ring (bicyclic) bond motifs is 2. The zero-order valence-corrected chi connectivity index (χ0v) is 11.8. The molecule has 100 valence electrons. The number of hydrogen-bond acceptors (Lipinski definition) is 0. The minimum absolute atomic E-state index is 0.660. The average Bonchev–Trinajstić information content (AvgIpc) is 2.54. The van der Waals surface area contributed by atoms with Crippen molar-refractivity contribution < 1.29 is 0 Å². The first kappa shape index (κ1) is 12.0. The van der Waals surface area contributed by atoms with Crippen molar-refractivity contribution in [3.8, 4) is 0 Å². The van der Waals surface area contributed by atoms with Gasteiger partial charge in [-0.15, -0.1) is 0 Å². The fourth-order valence-corrected chi connectivity index (χ4v) is 3.87. The molecule has 20 heavy (non-hydrogen) atoms. The van der Waals surface area contributed by atoms with Crippen LogP contribution < -0.4 is 0 Å². The van der Waals surface area contributed by atoms with Crippen LogP contribution in [0.3, 0.4) is 0 Å². The van der Waals surface area contributed by atoms with Gasteiger partial charge in [-0.1, -0.05) is 60.2 Å². The van der Waals surface area contributed by atoms with E-state index in [1.54, 1.807) is 16.7 Å². The second kappa shape index (κ2) is 4.94. The first-order chi connectivity index (χ1) is 9.92. The lowest BCUT2D eigenvalue weighted by molar-refractivity contribution is 0.591. The third kappa shape index (κ3) is 2.00. The molecule has 0 saturated heterocycles. The van der Waals surface area contributed by atoms with Gasteiger partial charge < -0.3 is 0 Å². The molecule has 0 heterocycles. The molecule has 1 atom stereocenters. The maximum absolute atomic E-state index is 2.46. The first-order valence-electron chi connectivity index (χ1n) is 7.78. The average molecular weight is 260 g/mol. The Hall–Kier alpha value is -1.82. The molecule has 0 N–H and O–H groups in total. The normalized spacial score (nSPS) is 20.8. The molecule has 0 radical (unpaired) electrons. The summed E-state index contributed by atoms with van der Waals surface area (Å²) in [5.41, 5.74) is 7.76. The van der Waals surface area contributed by atoms with Crippen LogP contribution in [-0.4, -0.2) is 0 Å². The molecular formula is C20H20. The lowest BCUT2D eigenvalue weighted by Crippen LogP contribution is -2.14. The van der Waals surface area contributed by atoms with E-state index < -0.39 is 0 Å². The van der Waals surface area contributed by atoms with E-state index in [1.165, 1.54) is 43.2 Å². The quantitative estimate of drug-likeness (QED) is 0.666. The molecule has 4 rings (SSSR count). The Morgan fingerprint density at radius 3 is 2.50 bits per heavy atom. The lowest BCUT2D eigenvalue weighted by atomic mass is 9.75. The van der Waals surface area contributed by atoms with E-state index in [-0.39, 0.29) is 0 Å². The highest BCUT2D eigenvalue weighted by molar-refractivity contribution is 5.62. The highest BCUT2D eigenvalue weighted by Crippen LogP contribution is 2.41. The third-order valence-corrected chi connectivity index (χ3v) is 4.90. The largest absolute Gasteiger partial charge is 0.0620 e. The zero-order chi connectivity index (χ0) is 13.4. The molecule has 0 amide bonds. The van der Waals surface area contributed by atoms with Crippen LogP contribution >= 0.6 is 0 Å². The topological polar surface area (TPSA) is 0 Å².